The first-order valence-corrected chi connectivity index (χ1v) is 8.93. The normalized spacial score (nSPS) is 21.9. The van der Waals surface area contributed by atoms with Crippen LogP contribution >= 0.6 is 24.8 Å². The highest BCUT2D eigenvalue weighted by atomic mass is 35.5. The summed E-state index contributed by atoms with van der Waals surface area (Å²) in [7, 11) is 0. The maximum absolute atomic E-state index is 12.3. The van der Waals surface area contributed by atoms with Crippen molar-refractivity contribution in [3.8, 4) is 0 Å². The third-order valence-electron chi connectivity index (χ3n) is 5.31. The number of likely N-dealkylation sites (tertiary alicyclic amines) is 1. The molecule has 1 atom stereocenters. The van der Waals surface area contributed by atoms with Crippen LogP contribution in [-0.4, -0.2) is 61.5 Å². The quantitative estimate of drug-likeness (QED) is 0.751. The van der Waals surface area contributed by atoms with Crippen molar-refractivity contribution in [3.63, 3.8) is 0 Å². The molecule has 138 valence electrons. The van der Waals surface area contributed by atoms with Gasteiger partial charge >= 0.3 is 0 Å². The Morgan fingerprint density at radius 1 is 1.09 bits per heavy atom. The van der Waals surface area contributed by atoms with Gasteiger partial charge in [-0.2, -0.15) is 0 Å². The zero-order valence-electron chi connectivity index (χ0n) is 14.8. The summed E-state index contributed by atoms with van der Waals surface area (Å²) < 4.78 is 0. The van der Waals surface area contributed by atoms with Gasteiger partial charge in [0.2, 0.25) is 5.91 Å². The van der Waals surface area contributed by atoms with Crippen molar-refractivity contribution in [2.75, 3.05) is 45.8 Å². The van der Waals surface area contributed by atoms with E-state index in [4.69, 9.17) is 0 Å². The van der Waals surface area contributed by atoms with Crippen molar-refractivity contribution in [3.05, 3.63) is 0 Å². The lowest BCUT2D eigenvalue weighted by molar-refractivity contribution is -0.133. The number of carbonyl (C=O) groups excluding carboxylic acids is 1. The Hall–Kier alpha value is -0.0300. The van der Waals surface area contributed by atoms with Crippen molar-refractivity contribution < 1.29 is 4.79 Å². The van der Waals surface area contributed by atoms with Gasteiger partial charge in [0.05, 0.1) is 0 Å². The molecule has 23 heavy (non-hydrogen) atoms. The molecule has 2 saturated heterocycles. The maximum Gasteiger partial charge on any atom is 0.222 e. The van der Waals surface area contributed by atoms with Crippen molar-refractivity contribution in [2.45, 2.75) is 46.0 Å². The molecule has 0 saturated carbocycles. The molecule has 1 amide bonds. The Kier molecular flexibility index (Phi) is 12.3. The molecule has 0 spiro atoms. The topological polar surface area (TPSA) is 35.6 Å². The molecule has 0 aliphatic carbocycles. The number of nitrogens with one attached hydrogen (secondary N) is 1. The van der Waals surface area contributed by atoms with Gasteiger partial charge in [-0.1, -0.05) is 13.8 Å². The summed E-state index contributed by atoms with van der Waals surface area (Å²) in [6, 6.07) is 0. The Balaban J connectivity index is 0.00000242. The van der Waals surface area contributed by atoms with Crippen molar-refractivity contribution >= 4 is 30.7 Å². The number of halogens is 2. The van der Waals surface area contributed by atoms with Gasteiger partial charge in [-0.05, 0) is 63.7 Å². The third-order valence-corrected chi connectivity index (χ3v) is 5.31. The molecule has 2 aliphatic rings. The minimum absolute atomic E-state index is 0. The predicted molar refractivity (Wildman–Crippen MR) is 102 cm³/mol. The Labute approximate surface area is 154 Å². The largest absolute Gasteiger partial charge is 0.343 e. The molecule has 2 aliphatic heterocycles. The lowest BCUT2D eigenvalue weighted by Gasteiger charge is -2.34. The summed E-state index contributed by atoms with van der Waals surface area (Å²) in [5.74, 6) is 1.91. The fourth-order valence-electron chi connectivity index (χ4n) is 3.66. The molecule has 4 nitrogen and oxygen atoms in total. The molecule has 0 aromatic rings. The summed E-state index contributed by atoms with van der Waals surface area (Å²) >= 11 is 0. The Morgan fingerprint density at radius 3 is 2.26 bits per heavy atom. The minimum Gasteiger partial charge on any atom is -0.343 e. The number of rotatable bonds is 7. The van der Waals surface area contributed by atoms with E-state index in [1.165, 1.54) is 25.8 Å². The highest BCUT2D eigenvalue weighted by Crippen LogP contribution is 2.21. The molecule has 2 fully saturated rings. The number of hydrogen-bond acceptors (Lipinski definition) is 3. The van der Waals surface area contributed by atoms with E-state index in [1.807, 2.05) is 0 Å². The molecule has 0 radical (unpaired) electrons. The molecule has 0 aromatic heterocycles. The number of nitrogens with zero attached hydrogens (tertiary/aromatic N) is 2. The van der Waals surface area contributed by atoms with E-state index in [9.17, 15) is 4.79 Å². The lowest BCUT2D eigenvalue weighted by atomic mass is 9.95. The number of amides is 1. The second kappa shape index (κ2) is 12.3. The smallest absolute Gasteiger partial charge is 0.222 e. The lowest BCUT2D eigenvalue weighted by Crippen LogP contribution is -2.41. The molecule has 2 rings (SSSR count). The highest BCUT2D eigenvalue weighted by molar-refractivity contribution is 5.85. The fourth-order valence-corrected chi connectivity index (χ4v) is 3.66. The predicted octanol–water partition coefficient (Wildman–Crippen LogP) is 2.80. The third kappa shape index (κ3) is 7.59. The molecule has 0 bridgehead atoms. The van der Waals surface area contributed by atoms with Crippen LogP contribution in [0.25, 0.3) is 0 Å². The van der Waals surface area contributed by atoms with Crippen LogP contribution in [-0.2, 0) is 4.79 Å². The van der Waals surface area contributed by atoms with Crippen LogP contribution in [0.3, 0.4) is 0 Å². The van der Waals surface area contributed by atoms with Crippen LogP contribution in [0, 0.1) is 11.8 Å². The van der Waals surface area contributed by atoms with Gasteiger partial charge in [0, 0.05) is 26.1 Å². The van der Waals surface area contributed by atoms with Crippen molar-refractivity contribution in [1.29, 1.82) is 0 Å². The van der Waals surface area contributed by atoms with Gasteiger partial charge < -0.3 is 15.1 Å². The summed E-state index contributed by atoms with van der Waals surface area (Å²) in [4.78, 5) is 16.9. The first kappa shape index (κ1) is 23.0. The number of hydrogen-bond donors (Lipinski definition) is 1. The summed E-state index contributed by atoms with van der Waals surface area (Å²) in [6.45, 7) is 12.2. The van der Waals surface area contributed by atoms with Gasteiger partial charge in [0.25, 0.3) is 0 Å². The zero-order chi connectivity index (χ0) is 15.1. The molecule has 2 heterocycles. The van der Waals surface area contributed by atoms with Gasteiger partial charge in [-0.15, -0.1) is 24.8 Å². The van der Waals surface area contributed by atoms with Gasteiger partial charge in [0.15, 0.2) is 0 Å². The molecule has 1 N–H and O–H groups in total. The Bertz CT molecular complexity index is 313. The summed E-state index contributed by atoms with van der Waals surface area (Å²) in [5.41, 5.74) is 0. The van der Waals surface area contributed by atoms with E-state index in [0.29, 0.717) is 5.91 Å². The average molecular weight is 368 g/mol. The van der Waals surface area contributed by atoms with Crippen molar-refractivity contribution in [2.24, 2.45) is 11.8 Å². The highest BCUT2D eigenvalue weighted by Gasteiger charge is 2.24. The number of piperidine rings is 1. The second-order valence-electron chi connectivity index (χ2n) is 6.71. The first-order valence-electron chi connectivity index (χ1n) is 8.93. The monoisotopic (exact) mass is 367 g/mol. The minimum atomic E-state index is 0. The second-order valence-corrected chi connectivity index (χ2v) is 6.71. The first-order chi connectivity index (χ1) is 10.2. The molecule has 1 unspecified atom stereocenters. The van der Waals surface area contributed by atoms with Gasteiger partial charge in [0.1, 0.15) is 0 Å². The van der Waals surface area contributed by atoms with E-state index < -0.39 is 0 Å². The van der Waals surface area contributed by atoms with E-state index >= 15 is 0 Å². The van der Waals surface area contributed by atoms with Crippen LogP contribution in [0.1, 0.15) is 46.0 Å². The maximum atomic E-state index is 12.3. The zero-order valence-corrected chi connectivity index (χ0v) is 16.4. The molecule has 0 aromatic carbocycles. The summed E-state index contributed by atoms with van der Waals surface area (Å²) in [6.07, 6.45) is 5.46. The van der Waals surface area contributed by atoms with E-state index in [2.05, 4.69) is 29.0 Å². The van der Waals surface area contributed by atoms with Crippen LogP contribution in [0.5, 0.6) is 0 Å². The Morgan fingerprint density at radius 2 is 1.74 bits per heavy atom. The SMILES string of the molecule is CCN(CC)CC1CCN(C(=O)CCC2CCNC2)CC1.Cl.Cl. The average Bonchev–Trinajstić information content (AvgIpc) is 3.04. The summed E-state index contributed by atoms with van der Waals surface area (Å²) in [5, 5.41) is 3.38. The van der Waals surface area contributed by atoms with Crippen LogP contribution < -0.4 is 5.32 Å². The van der Waals surface area contributed by atoms with Crippen LogP contribution in [0.4, 0.5) is 0 Å². The van der Waals surface area contributed by atoms with Crippen molar-refractivity contribution in [1.82, 2.24) is 15.1 Å². The molecular formula is C17H35Cl2N3O. The standard InChI is InChI=1S/C17H33N3O.2ClH/c1-3-19(4-2)14-16-8-11-20(12-9-16)17(21)6-5-15-7-10-18-13-15;;/h15-16,18H,3-14H2,1-2H3;2*1H. The van der Waals surface area contributed by atoms with Crippen LogP contribution in [0.15, 0.2) is 0 Å². The van der Waals surface area contributed by atoms with Gasteiger partial charge in [-0.3, -0.25) is 4.79 Å². The van der Waals surface area contributed by atoms with Gasteiger partial charge in [-0.25, -0.2) is 0 Å². The molecular weight excluding hydrogens is 333 g/mol. The molecule has 6 heteroatoms. The van der Waals surface area contributed by atoms with E-state index in [-0.39, 0.29) is 24.8 Å². The van der Waals surface area contributed by atoms with Crippen LogP contribution in [0.2, 0.25) is 0 Å². The van der Waals surface area contributed by atoms with E-state index in [1.54, 1.807) is 0 Å². The fraction of sp³-hybridized carbons (Fsp3) is 0.941. The number of carbonyl (C=O) groups is 1. The van der Waals surface area contributed by atoms with E-state index in [0.717, 1.165) is 63.9 Å².